The summed E-state index contributed by atoms with van der Waals surface area (Å²) in [6.45, 7) is 3.98. The lowest BCUT2D eigenvalue weighted by Crippen LogP contribution is -2.34. The second kappa shape index (κ2) is 5.00. The SMILES string of the molecule is CC(C#N)NC(C)Cc1cccs1. The monoisotopic (exact) mass is 194 g/mol. The molecule has 2 unspecified atom stereocenters. The summed E-state index contributed by atoms with van der Waals surface area (Å²) in [6.07, 6.45) is 1.00. The van der Waals surface area contributed by atoms with Crippen molar-refractivity contribution in [2.45, 2.75) is 32.4 Å². The number of nitrogens with zero attached hydrogens (tertiary/aromatic N) is 1. The van der Waals surface area contributed by atoms with Crippen LogP contribution in [-0.4, -0.2) is 12.1 Å². The quantitative estimate of drug-likeness (QED) is 0.797. The van der Waals surface area contributed by atoms with Crippen LogP contribution < -0.4 is 5.32 Å². The first-order valence-corrected chi connectivity index (χ1v) is 5.28. The summed E-state index contributed by atoms with van der Waals surface area (Å²) in [5.74, 6) is 0. The maximum atomic E-state index is 8.60. The second-order valence-corrected chi connectivity index (χ2v) is 4.23. The predicted molar refractivity (Wildman–Crippen MR) is 55.7 cm³/mol. The van der Waals surface area contributed by atoms with E-state index in [4.69, 9.17) is 5.26 Å². The topological polar surface area (TPSA) is 35.8 Å². The Hall–Kier alpha value is -0.850. The number of hydrogen-bond donors (Lipinski definition) is 1. The molecule has 0 amide bonds. The highest BCUT2D eigenvalue weighted by molar-refractivity contribution is 7.09. The highest BCUT2D eigenvalue weighted by Crippen LogP contribution is 2.10. The van der Waals surface area contributed by atoms with Gasteiger partial charge in [0, 0.05) is 10.9 Å². The van der Waals surface area contributed by atoms with Gasteiger partial charge in [-0.1, -0.05) is 6.07 Å². The van der Waals surface area contributed by atoms with Crippen molar-refractivity contribution in [3.05, 3.63) is 22.4 Å². The summed E-state index contributed by atoms with van der Waals surface area (Å²) >= 11 is 1.76. The highest BCUT2D eigenvalue weighted by atomic mass is 32.1. The third kappa shape index (κ3) is 3.58. The zero-order chi connectivity index (χ0) is 9.68. The molecule has 0 spiro atoms. The van der Waals surface area contributed by atoms with Crippen molar-refractivity contribution in [3.63, 3.8) is 0 Å². The normalized spacial score (nSPS) is 14.8. The molecule has 0 fully saturated rings. The van der Waals surface area contributed by atoms with Gasteiger partial charge in [-0.3, -0.25) is 5.32 Å². The van der Waals surface area contributed by atoms with E-state index in [1.165, 1.54) is 4.88 Å². The van der Waals surface area contributed by atoms with Crippen molar-refractivity contribution in [3.8, 4) is 6.07 Å². The predicted octanol–water partition coefficient (Wildman–Crippen LogP) is 2.18. The highest BCUT2D eigenvalue weighted by Gasteiger charge is 2.06. The van der Waals surface area contributed by atoms with Gasteiger partial charge in [-0.15, -0.1) is 11.3 Å². The molecule has 1 aromatic rings. The zero-order valence-corrected chi connectivity index (χ0v) is 8.77. The molecule has 70 valence electrons. The molecule has 13 heavy (non-hydrogen) atoms. The van der Waals surface area contributed by atoms with Crippen molar-refractivity contribution >= 4 is 11.3 Å². The third-order valence-electron chi connectivity index (χ3n) is 1.82. The number of rotatable bonds is 4. The Morgan fingerprint density at radius 3 is 2.92 bits per heavy atom. The van der Waals surface area contributed by atoms with E-state index in [0.717, 1.165) is 6.42 Å². The Morgan fingerprint density at radius 1 is 1.62 bits per heavy atom. The number of nitrogens with one attached hydrogen (secondary N) is 1. The molecule has 2 atom stereocenters. The van der Waals surface area contributed by atoms with Crippen LogP contribution in [0, 0.1) is 11.3 Å². The Morgan fingerprint density at radius 2 is 2.38 bits per heavy atom. The first-order valence-electron chi connectivity index (χ1n) is 4.40. The summed E-state index contributed by atoms with van der Waals surface area (Å²) in [4.78, 5) is 1.37. The van der Waals surface area contributed by atoms with Gasteiger partial charge < -0.3 is 0 Å². The first kappa shape index (κ1) is 10.2. The van der Waals surface area contributed by atoms with Gasteiger partial charge in [0.2, 0.25) is 0 Å². The zero-order valence-electron chi connectivity index (χ0n) is 7.95. The molecule has 0 aliphatic rings. The fourth-order valence-corrected chi connectivity index (χ4v) is 2.09. The van der Waals surface area contributed by atoms with Crippen LogP contribution >= 0.6 is 11.3 Å². The molecule has 0 aromatic carbocycles. The van der Waals surface area contributed by atoms with Crippen LogP contribution in [0.4, 0.5) is 0 Å². The van der Waals surface area contributed by atoms with Crippen LogP contribution in [0.25, 0.3) is 0 Å². The van der Waals surface area contributed by atoms with E-state index in [1.54, 1.807) is 11.3 Å². The fraction of sp³-hybridized carbons (Fsp3) is 0.500. The fourth-order valence-electron chi connectivity index (χ4n) is 1.25. The molecule has 2 nitrogen and oxygen atoms in total. The summed E-state index contributed by atoms with van der Waals surface area (Å²) in [7, 11) is 0. The van der Waals surface area contributed by atoms with Crippen molar-refractivity contribution in [2.24, 2.45) is 0 Å². The Bertz CT molecular complexity index is 274. The van der Waals surface area contributed by atoms with Crippen molar-refractivity contribution in [1.82, 2.24) is 5.32 Å². The minimum absolute atomic E-state index is 0.0602. The second-order valence-electron chi connectivity index (χ2n) is 3.20. The lowest BCUT2D eigenvalue weighted by molar-refractivity contribution is 0.522. The maximum absolute atomic E-state index is 8.60. The third-order valence-corrected chi connectivity index (χ3v) is 2.71. The molecule has 0 saturated heterocycles. The molecule has 0 saturated carbocycles. The van der Waals surface area contributed by atoms with Crippen LogP contribution in [0.1, 0.15) is 18.7 Å². The van der Waals surface area contributed by atoms with Gasteiger partial charge in [-0.05, 0) is 31.7 Å². The average molecular weight is 194 g/mol. The Labute approximate surface area is 83.2 Å². The van der Waals surface area contributed by atoms with Crippen LogP contribution in [0.15, 0.2) is 17.5 Å². The van der Waals surface area contributed by atoms with E-state index < -0.39 is 0 Å². The first-order chi connectivity index (χ1) is 6.22. The van der Waals surface area contributed by atoms with Crippen molar-refractivity contribution < 1.29 is 0 Å². The molecule has 1 heterocycles. The Kier molecular flexibility index (Phi) is 3.94. The average Bonchev–Trinajstić information content (AvgIpc) is 2.56. The van der Waals surface area contributed by atoms with Crippen molar-refractivity contribution in [2.75, 3.05) is 0 Å². The number of nitriles is 1. The maximum Gasteiger partial charge on any atom is 0.0926 e. The van der Waals surface area contributed by atoms with Gasteiger partial charge in [0.05, 0.1) is 12.1 Å². The van der Waals surface area contributed by atoms with Gasteiger partial charge >= 0.3 is 0 Å². The molecule has 1 rings (SSSR count). The minimum Gasteiger partial charge on any atom is -0.299 e. The van der Waals surface area contributed by atoms with Gasteiger partial charge in [0.1, 0.15) is 0 Å². The molecule has 3 heteroatoms. The summed E-state index contributed by atoms with van der Waals surface area (Å²) in [6, 6.07) is 6.66. The number of thiophene rings is 1. The van der Waals surface area contributed by atoms with Gasteiger partial charge in [-0.25, -0.2) is 0 Å². The molecule has 1 N–H and O–H groups in total. The van der Waals surface area contributed by atoms with Gasteiger partial charge in [0.25, 0.3) is 0 Å². The van der Waals surface area contributed by atoms with Gasteiger partial charge in [0.15, 0.2) is 0 Å². The van der Waals surface area contributed by atoms with E-state index >= 15 is 0 Å². The molecule has 0 bridgehead atoms. The van der Waals surface area contributed by atoms with E-state index in [9.17, 15) is 0 Å². The minimum atomic E-state index is -0.0602. The van der Waals surface area contributed by atoms with Crippen LogP contribution in [0.3, 0.4) is 0 Å². The van der Waals surface area contributed by atoms with Crippen LogP contribution in [0.2, 0.25) is 0 Å². The van der Waals surface area contributed by atoms with E-state index in [0.29, 0.717) is 6.04 Å². The van der Waals surface area contributed by atoms with Gasteiger partial charge in [-0.2, -0.15) is 5.26 Å². The molecule has 0 radical (unpaired) electrons. The molecule has 1 aromatic heterocycles. The summed E-state index contributed by atoms with van der Waals surface area (Å²) in [5, 5.41) is 13.9. The Balaban J connectivity index is 2.34. The largest absolute Gasteiger partial charge is 0.299 e. The molecule has 0 aliphatic carbocycles. The van der Waals surface area contributed by atoms with Crippen LogP contribution in [0.5, 0.6) is 0 Å². The smallest absolute Gasteiger partial charge is 0.0926 e. The summed E-state index contributed by atoms with van der Waals surface area (Å²) in [5.41, 5.74) is 0. The van der Waals surface area contributed by atoms with E-state index in [2.05, 4.69) is 35.8 Å². The molecular weight excluding hydrogens is 180 g/mol. The van der Waals surface area contributed by atoms with Crippen LogP contribution in [-0.2, 0) is 6.42 Å². The van der Waals surface area contributed by atoms with E-state index in [-0.39, 0.29) is 6.04 Å². The number of hydrogen-bond acceptors (Lipinski definition) is 3. The standard InChI is InChI=1S/C10H14N2S/c1-8(12-9(2)7-11)6-10-4-3-5-13-10/h3-5,8-9,12H,6H2,1-2H3. The lowest BCUT2D eigenvalue weighted by Gasteiger charge is -2.13. The molecular formula is C10H14N2S. The van der Waals surface area contributed by atoms with Crippen molar-refractivity contribution in [1.29, 1.82) is 5.26 Å². The molecule has 0 aliphatic heterocycles. The lowest BCUT2D eigenvalue weighted by atomic mass is 10.2. The van der Waals surface area contributed by atoms with E-state index in [1.807, 2.05) is 6.92 Å². The summed E-state index contributed by atoms with van der Waals surface area (Å²) < 4.78 is 0.